The molecule has 0 bridgehead atoms. The zero-order valence-electron chi connectivity index (χ0n) is 11.4. The fourth-order valence-corrected chi connectivity index (χ4v) is 3.96. The minimum Gasteiger partial charge on any atom is -0.299 e. The van der Waals surface area contributed by atoms with Gasteiger partial charge in [0, 0.05) is 35.0 Å². The maximum Gasteiger partial charge on any atom is 0.137 e. The van der Waals surface area contributed by atoms with Gasteiger partial charge in [-0.15, -0.1) is 0 Å². The molecule has 0 spiro atoms. The summed E-state index contributed by atoms with van der Waals surface area (Å²) in [5.74, 6) is 0.442. The second kappa shape index (κ2) is 5.94. The number of rotatable bonds is 3. The van der Waals surface area contributed by atoms with Crippen LogP contribution in [0.4, 0.5) is 4.39 Å². The van der Waals surface area contributed by atoms with E-state index in [0.717, 1.165) is 48.7 Å². The summed E-state index contributed by atoms with van der Waals surface area (Å²) in [6, 6.07) is 5.56. The molecule has 4 heteroatoms. The first-order chi connectivity index (χ1) is 9.65. The summed E-state index contributed by atoms with van der Waals surface area (Å²) in [5, 5.41) is 0. The van der Waals surface area contributed by atoms with E-state index in [1.54, 1.807) is 0 Å². The van der Waals surface area contributed by atoms with E-state index in [4.69, 9.17) is 0 Å². The highest BCUT2D eigenvalue weighted by Gasteiger charge is 2.38. The third kappa shape index (κ3) is 2.82. The molecule has 1 saturated heterocycles. The van der Waals surface area contributed by atoms with Gasteiger partial charge in [0.25, 0.3) is 0 Å². The maximum atomic E-state index is 14.0. The van der Waals surface area contributed by atoms with Gasteiger partial charge in [0.2, 0.25) is 0 Å². The van der Waals surface area contributed by atoms with Crippen molar-refractivity contribution in [3.05, 3.63) is 34.1 Å². The zero-order chi connectivity index (χ0) is 14.1. The predicted octanol–water partition coefficient (Wildman–Crippen LogP) is 3.92. The van der Waals surface area contributed by atoms with E-state index in [1.165, 1.54) is 6.07 Å². The number of nitrogens with zero attached hydrogens (tertiary/aromatic N) is 1. The normalized spacial score (nSPS) is 27.4. The smallest absolute Gasteiger partial charge is 0.137 e. The number of halogens is 2. The van der Waals surface area contributed by atoms with E-state index >= 15 is 0 Å². The highest BCUT2D eigenvalue weighted by atomic mass is 79.9. The number of benzene rings is 1. The molecule has 0 N–H and O–H groups in total. The van der Waals surface area contributed by atoms with Gasteiger partial charge in [-0.1, -0.05) is 22.0 Å². The number of Topliss-reactive ketones (excluding diaryl/α,β-unsaturated/α-hetero) is 1. The second-order valence-corrected chi connectivity index (χ2v) is 6.80. The lowest BCUT2D eigenvalue weighted by Gasteiger charge is -2.28. The number of carbonyl (C=O) groups is 1. The molecule has 2 fully saturated rings. The lowest BCUT2D eigenvalue weighted by atomic mass is 9.95. The molecule has 1 aromatic carbocycles. The highest BCUT2D eigenvalue weighted by molar-refractivity contribution is 9.10. The van der Waals surface area contributed by atoms with Crippen LogP contribution in [0.3, 0.4) is 0 Å². The fourth-order valence-electron chi connectivity index (χ4n) is 3.62. The number of ketones is 1. The topological polar surface area (TPSA) is 20.3 Å². The standard InChI is InChI=1S/C16H19BrFNO/c17-12-7-6-11(14(18)9-12)10-19-8-2-4-15(19)13-3-1-5-16(13)20/h6-7,9,13,15H,1-5,8,10H2. The molecule has 2 aliphatic rings. The van der Waals surface area contributed by atoms with Crippen molar-refractivity contribution in [1.29, 1.82) is 0 Å². The summed E-state index contributed by atoms with van der Waals surface area (Å²) in [6.07, 6.45) is 4.98. The third-order valence-electron chi connectivity index (χ3n) is 4.62. The maximum absolute atomic E-state index is 14.0. The van der Waals surface area contributed by atoms with E-state index in [-0.39, 0.29) is 11.7 Å². The molecule has 108 valence electrons. The fraction of sp³-hybridized carbons (Fsp3) is 0.562. The lowest BCUT2D eigenvalue weighted by molar-refractivity contribution is -0.122. The first-order valence-corrected chi connectivity index (χ1v) is 8.15. The Bertz CT molecular complexity index is 519. The van der Waals surface area contributed by atoms with E-state index in [0.29, 0.717) is 18.4 Å². The molecule has 2 nitrogen and oxygen atoms in total. The molecule has 0 amide bonds. The van der Waals surface area contributed by atoms with Crippen LogP contribution in [0.1, 0.15) is 37.7 Å². The van der Waals surface area contributed by atoms with Gasteiger partial charge in [-0.25, -0.2) is 4.39 Å². The van der Waals surface area contributed by atoms with E-state index < -0.39 is 0 Å². The van der Waals surface area contributed by atoms with Gasteiger partial charge in [-0.2, -0.15) is 0 Å². The van der Waals surface area contributed by atoms with Gasteiger partial charge in [0.15, 0.2) is 0 Å². The van der Waals surface area contributed by atoms with Gasteiger partial charge >= 0.3 is 0 Å². The minimum absolute atomic E-state index is 0.164. The van der Waals surface area contributed by atoms with Crippen LogP contribution in [-0.2, 0) is 11.3 Å². The molecular formula is C16H19BrFNO. The molecule has 1 heterocycles. The second-order valence-electron chi connectivity index (χ2n) is 5.88. The number of carbonyl (C=O) groups excluding carboxylic acids is 1. The van der Waals surface area contributed by atoms with Gasteiger partial charge in [-0.05, 0) is 44.4 Å². The van der Waals surface area contributed by atoms with E-state index in [1.807, 2.05) is 12.1 Å². The van der Waals surface area contributed by atoms with E-state index in [9.17, 15) is 9.18 Å². The van der Waals surface area contributed by atoms with Crippen LogP contribution in [0.15, 0.2) is 22.7 Å². The Morgan fingerprint density at radius 3 is 2.85 bits per heavy atom. The summed E-state index contributed by atoms with van der Waals surface area (Å²) in [5.41, 5.74) is 0.727. The molecule has 1 aliphatic heterocycles. The Hall–Kier alpha value is -0.740. The Morgan fingerprint density at radius 2 is 2.15 bits per heavy atom. The minimum atomic E-state index is -0.164. The van der Waals surface area contributed by atoms with Crippen molar-refractivity contribution >= 4 is 21.7 Å². The van der Waals surface area contributed by atoms with Gasteiger partial charge < -0.3 is 0 Å². The molecule has 2 atom stereocenters. The molecule has 2 unspecified atom stereocenters. The third-order valence-corrected chi connectivity index (χ3v) is 5.11. The van der Waals surface area contributed by atoms with Crippen molar-refractivity contribution in [2.75, 3.05) is 6.54 Å². The first kappa shape index (κ1) is 14.2. The lowest BCUT2D eigenvalue weighted by Crippen LogP contribution is -2.37. The van der Waals surface area contributed by atoms with Crippen LogP contribution in [0.2, 0.25) is 0 Å². The van der Waals surface area contributed by atoms with Crippen LogP contribution >= 0.6 is 15.9 Å². The summed E-state index contributed by atoms with van der Waals surface area (Å²) in [7, 11) is 0. The van der Waals surface area contributed by atoms with Crippen LogP contribution in [0.5, 0.6) is 0 Å². The summed E-state index contributed by atoms with van der Waals surface area (Å²) in [4.78, 5) is 14.3. The molecular weight excluding hydrogens is 321 g/mol. The Kier molecular flexibility index (Phi) is 4.22. The van der Waals surface area contributed by atoms with Gasteiger partial charge in [0.1, 0.15) is 11.6 Å². The van der Waals surface area contributed by atoms with Crippen LogP contribution in [0.25, 0.3) is 0 Å². The molecule has 1 aliphatic carbocycles. The van der Waals surface area contributed by atoms with Crippen molar-refractivity contribution in [2.45, 2.75) is 44.7 Å². The molecule has 20 heavy (non-hydrogen) atoms. The average molecular weight is 340 g/mol. The largest absolute Gasteiger partial charge is 0.299 e. The van der Waals surface area contributed by atoms with E-state index in [2.05, 4.69) is 20.8 Å². The Balaban J connectivity index is 1.74. The number of likely N-dealkylation sites (tertiary alicyclic amines) is 1. The predicted molar refractivity (Wildman–Crippen MR) is 79.9 cm³/mol. The van der Waals surface area contributed by atoms with Crippen molar-refractivity contribution < 1.29 is 9.18 Å². The molecule has 0 radical (unpaired) electrons. The summed E-state index contributed by atoms with van der Waals surface area (Å²) < 4.78 is 14.7. The van der Waals surface area contributed by atoms with Crippen molar-refractivity contribution in [1.82, 2.24) is 4.90 Å². The molecule has 1 aromatic rings. The van der Waals surface area contributed by atoms with Crippen molar-refractivity contribution in [3.63, 3.8) is 0 Å². The number of hydrogen-bond donors (Lipinski definition) is 0. The molecule has 3 rings (SSSR count). The van der Waals surface area contributed by atoms with Crippen LogP contribution in [-0.4, -0.2) is 23.3 Å². The Morgan fingerprint density at radius 1 is 1.30 bits per heavy atom. The summed E-state index contributed by atoms with van der Waals surface area (Å²) >= 11 is 3.28. The molecule has 1 saturated carbocycles. The number of hydrogen-bond acceptors (Lipinski definition) is 2. The van der Waals surface area contributed by atoms with Crippen LogP contribution < -0.4 is 0 Å². The van der Waals surface area contributed by atoms with Gasteiger partial charge in [0.05, 0.1) is 0 Å². The van der Waals surface area contributed by atoms with Crippen LogP contribution in [0, 0.1) is 11.7 Å². The summed E-state index contributed by atoms with van der Waals surface area (Å²) in [6.45, 7) is 1.59. The van der Waals surface area contributed by atoms with Gasteiger partial charge in [-0.3, -0.25) is 9.69 Å². The SMILES string of the molecule is O=C1CCCC1C1CCCN1Cc1ccc(Br)cc1F. The monoisotopic (exact) mass is 339 g/mol. The molecule has 0 aromatic heterocycles. The van der Waals surface area contributed by atoms with Crippen molar-refractivity contribution in [2.24, 2.45) is 5.92 Å². The highest BCUT2D eigenvalue weighted by Crippen LogP contribution is 2.34. The first-order valence-electron chi connectivity index (χ1n) is 7.36. The van der Waals surface area contributed by atoms with Crippen molar-refractivity contribution in [3.8, 4) is 0 Å². The average Bonchev–Trinajstić information content (AvgIpc) is 3.01. The quantitative estimate of drug-likeness (QED) is 0.831. The Labute approximate surface area is 127 Å². The zero-order valence-corrected chi connectivity index (χ0v) is 13.0.